The number of hydrogen-bond donors (Lipinski definition) is 1. The number of nitrogens with one attached hydrogen (secondary N) is 1. The van der Waals surface area contributed by atoms with E-state index in [1.807, 2.05) is 36.1 Å². The summed E-state index contributed by atoms with van der Waals surface area (Å²) in [5.74, 6) is 0.410. The van der Waals surface area contributed by atoms with Crippen LogP contribution < -0.4 is 10.2 Å². The summed E-state index contributed by atoms with van der Waals surface area (Å²) >= 11 is 9.88. The Hall–Kier alpha value is -1.93. The summed E-state index contributed by atoms with van der Waals surface area (Å²) in [5, 5.41) is 4.49. The van der Waals surface area contributed by atoms with Gasteiger partial charge in [0.25, 0.3) is 5.91 Å². The molecule has 0 atom stereocenters. The van der Waals surface area contributed by atoms with Crippen LogP contribution >= 0.6 is 27.5 Å². The number of halogens is 2. The van der Waals surface area contributed by atoms with Crippen molar-refractivity contribution in [1.82, 2.24) is 10.3 Å². The standard InChI is InChI=1S/C21H23BrClN3O3/c1-15-3-2-4-16(9-15)14-29-21-18(22)10-17(11-19(21)23)12-24-25-20(27)13-26-5-7-28-8-6-26/h2-4,9-12H,5-8,13-14H2,1H3,(H,25,27)/b24-12+. The van der Waals surface area contributed by atoms with E-state index in [-0.39, 0.29) is 5.91 Å². The van der Waals surface area contributed by atoms with Gasteiger partial charge in [0.1, 0.15) is 6.61 Å². The lowest BCUT2D eigenvalue weighted by Crippen LogP contribution is -2.42. The maximum Gasteiger partial charge on any atom is 0.254 e. The molecule has 6 nitrogen and oxygen atoms in total. The van der Waals surface area contributed by atoms with Crippen LogP contribution in [0.3, 0.4) is 0 Å². The lowest BCUT2D eigenvalue weighted by Gasteiger charge is -2.25. The van der Waals surface area contributed by atoms with Crippen molar-refractivity contribution in [2.45, 2.75) is 13.5 Å². The molecule has 0 aliphatic carbocycles. The fraction of sp³-hybridized carbons (Fsp3) is 0.333. The van der Waals surface area contributed by atoms with E-state index in [0.29, 0.717) is 37.1 Å². The summed E-state index contributed by atoms with van der Waals surface area (Å²) in [6, 6.07) is 11.7. The molecule has 1 aliphatic rings. The maximum atomic E-state index is 12.0. The second-order valence-electron chi connectivity index (χ2n) is 6.77. The first-order chi connectivity index (χ1) is 14.0. The summed E-state index contributed by atoms with van der Waals surface area (Å²) < 4.78 is 11.9. The molecule has 8 heteroatoms. The van der Waals surface area contributed by atoms with Crippen LogP contribution in [0.15, 0.2) is 46.0 Å². The molecule has 1 fully saturated rings. The van der Waals surface area contributed by atoms with E-state index >= 15 is 0 Å². The van der Waals surface area contributed by atoms with Crippen molar-refractivity contribution in [3.8, 4) is 5.75 Å². The van der Waals surface area contributed by atoms with Crippen LogP contribution in [0, 0.1) is 6.92 Å². The van der Waals surface area contributed by atoms with E-state index in [0.717, 1.165) is 28.7 Å². The topological polar surface area (TPSA) is 63.2 Å². The zero-order chi connectivity index (χ0) is 20.6. The van der Waals surface area contributed by atoms with E-state index in [2.05, 4.69) is 32.5 Å². The molecule has 154 valence electrons. The van der Waals surface area contributed by atoms with Crippen LogP contribution in [0.2, 0.25) is 5.02 Å². The van der Waals surface area contributed by atoms with Crippen LogP contribution in [0.5, 0.6) is 5.75 Å². The predicted molar refractivity (Wildman–Crippen MR) is 118 cm³/mol. The van der Waals surface area contributed by atoms with Crippen molar-refractivity contribution in [3.05, 3.63) is 62.6 Å². The largest absolute Gasteiger partial charge is 0.486 e. The molecule has 1 aliphatic heterocycles. The van der Waals surface area contributed by atoms with Crippen LogP contribution in [-0.4, -0.2) is 49.9 Å². The number of morpholine rings is 1. The number of amides is 1. The van der Waals surface area contributed by atoms with Gasteiger partial charge in [0.05, 0.1) is 35.5 Å². The third-order valence-electron chi connectivity index (χ3n) is 4.36. The van der Waals surface area contributed by atoms with Gasteiger partial charge in [-0.15, -0.1) is 0 Å². The molecule has 0 aromatic heterocycles. The summed E-state index contributed by atoms with van der Waals surface area (Å²) in [5.41, 5.74) is 5.54. The predicted octanol–water partition coefficient (Wildman–Crippen LogP) is 3.77. The van der Waals surface area contributed by atoms with Crippen molar-refractivity contribution in [1.29, 1.82) is 0 Å². The van der Waals surface area contributed by atoms with E-state index in [1.54, 1.807) is 12.3 Å². The van der Waals surface area contributed by atoms with Crippen LogP contribution in [0.4, 0.5) is 0 Å². The molecule has 0 saturated carbocycles. The first-order valence-corrected chi connectivity index (χ1v) is 10.5. The van der Waals surface area contributed by atoms with E-state index in [4.69, 9.17) is 21.1 Å². The lowest BCUT2D eigenvalue weighted by atomic mass is 10.1. The van der Waals surface area contributed by atoms with Gasteiger partial charge in [-0.1, -0.05) is 41.4 Å². The molecule has 1 saturated heterocycles. The first kappa shape index (κ1) is 21.8. The van der Waals surface area contributed by atoms with Crippen molar-refractivity contribution >= 4 is 39.7 Å². The Bertz CT molecular complexity index is 862. The number of ether oxygens (including phenoxy) is 2. The zero-order valence-corrected chi connectivity index (χ0v) is 18.5. The fourth-order valence-electron chi connectivity index (χ4n) is 2.93. The number of nitrogens with zero attached hydrogens (tertiary/aromatic N) is 2. The van der Waals surface area contributed by atoms with Crippen LogP contribution in [0.1, 0.15) is 16.7 Å². The molecule has 29 heavy (non-hydrogen) atoms. The minimum atomic E-state index is -0.161. The number of hydrazone groups is 1. The molecule has 0 spiro atoms. The van der Waals surface area contributed by atoms with E-state index in [1.165, 1.54) is 5.56 Å². The average molecular weight is 481 g/mol. The highest BCUT2D eigenvalue weighted by Gasteiger charge is 2.13. The minimum Gasteiger partial charge on any atom is -0.486 e. The Morgan fingerprint density at radius 1 is 1.34 bits per heavy atom. The first-order valence-electron chi connectivity index (χ1n) is 9.30. The highest BCUT2D eigenvalue weighted by atomic mass is 79.9. The molecule has 1 N–H and O–H groups in total. The second kappa shape index (κ2) is 10.7. The third-order valence-corrected chi connectivity index (χ3v) is 5.23. The number of aryl methyl sites for hydroxylation is 1. The molecular formula is C21H23BrClN3O3. The average Bonchev–Trinajstić information content (AvgIpc) is 2.68. The lowest BCUT2D eigenvalue weighted by molar-refractivity contribution is -0.123. The van der Waals surface area contributed by atoms with Gasteiger partial charge in [-0.05, 0) is 46.1 Å². The van der Waals surface area contributed by atoms with Crippen LogP contribution in [-0.2, 0) is 16.1 Å². The van der Waals surface area contributed by atoms with E-state index < -0.39 is 0 Å². The maximum absolute atomic E-state index is 12.0. The normalized spacial score (nSPS) is 14.9. The number of carbonyl (C=O) groups is 1. The minimum absolute atomic E-state index is 0.161. The van der Waals surface area contributed by atoms with Gasteiger partial charge in [0.2, 0.25) is 0 Å². The number of benzene rings is 2. The Kier molecular flexibility index (Phi) is 8.06. The summed E-state index contributed by atoms with van der Waals surface area (Å²) in [6.45, 7) is 5.58. The second-order valence-corrected chi connectivity index (χ2v) is 8.03. The van der Waals surface area contributed by atoms with Gasteiger partial charge >= 0.3 is 0 Å². The smallest absolute Gasteiger partial charge is 0.254 e. The summed E-state index contributed by atoms with van der Waals surface area (Å²) in [4.78, 5) is 14.0. The Labute approximate surface area is 184 Å². The quantitative estimate of drug-likeness (QED) is 0.484. The van der Waals surface area contributed by atoms with Gasteiger partial charge in [0, 0.05) is 13.1 Å². The molecule has 0 unspecified atom stereocenters. The number of rotatable bonds is 7. The molecule has 3 rings (SSSR count). The highest BCUT2D eigenvalue weighted by molar-refractivity contribution is 9.10. The fourth-order valence-corrected chi connectivity index (χ4v) is 3.91. The van der Waals surface area contributed by atoms with Crippen LogP contribution in [0.25, 0.3) is 0 Å². The summed E-state index contributed by atoms with van der Waals surface area (Å²) in [6.07, 6.45) is 1.55. The SMILES string of the molecule is Cc1cccc(COc2c(Cl)cc(/C=N/NC(=O)CN3CCOCC3)cc2Br)c1. The Morgan fingerprint density at radius 2 is 2.14 bits per heavy atom. The Balaban J connectivity index is 1.55. The summed E-state index contributed by atoms with van der Waals surface area (Å²) in [7, 11) is 0. The monoisotopic (exact) mass is 479 g/mol. The van der Waals surface area contributed by atoms with Crippen molar-refractivity contribution < 1.29 is 14.3 Å². The molecule has 2 aromatic carbocycles. The number of hydrogen-bond acceptors (Lipinski definition) is 5. The Morgan fingerprint density at radius 3 is 2.86 bits per heavy atom. The van der Waals surface area contributed by atoms with Gasteiger partial charge in [0.15, 0.2) is 5.75 Å². The third kappa shape index (κ3) is 6.82. The zero-order valence-electron chi connectivity index (χ0n) is 16.2. The van der Waals surface area contributed by atoms with E-state index in [9.17, 15) is 4.79 Å². The number of carbonyl (C=O) groups excluding carboxylic acids is 1. The van der Waals surface area contributed by atoms with Gasteiger partial charge < -0.3 is 9.47 Å². The van der Waals surface area contributed by atoms with Gasteiger partial charge in [-0.3, -0.25) is 9.69 Å². The molecule has 0 bridgehead atoms. The van der Waals surface area contributed by atoms with Gasteiger partial charge in [-0.25, -0.2) is 5.43 Å². The molecule has 1 heterocycles. The van der Waals surface area contributed by atoms with Gasteiger partial charge in [-0.2, -0.15) is 5.10 Å². The van der Waals surface area contributed by atoms with Crippen molar-refractivity contribution in [2.24, 2.45) is 5.10 Å². The molecular weight excluding hydrogens is 458 g/mol. The molecule has 2 aromatic rings. The molecule has 1 amide bonds. The van der Waals surface area contributed by atoms with Crippen molar-refractivity contribution in [3.63, 3.8) is 0 Å². The molecule has 0 radical (unpaired) electrons. The highest BCUT2D eigenvalue weighted by Crippen LogP contribution is 2.34. The van der Waals surface area contributed by atoms with Crippen molar-refractivity contribution in [2.75, 3.05) is 32.8 Å².